The minimum Gasteiger partial charge on any atom is -0.477 e. The van der Waals surface area contributed by atoms with Crippen molar-refractivity contribution >= 4 is 17.9 Å². The molecule has 354 valence electrons. The molecule has 0 aromatic heterocycles. The number of quaternary nitrogens is 1. The molecule has 2 unspecified atom stereocenters. The first-order chi connectivity index (χ1) is 29.6. The van der Waals surface area contributed by atoms with Crippen LogP contribution in [0.5, 0.6) is 0 Å². The van der Waals surface area contributed by atoms with Gasteiger partial charge in [-0.25, -0.2) is 4.79 Å². The van der Waals surface area contributed by atoms with Crippen LogP contribution >= 0.6 is 0 Å². The number of hydrogen-bond donors (Lipinski definition) is 1. The molecule has 0 aromatic rings. The topological polar surface area (TPSA) is 108 Å². The van der Waals surface area contributed by atoms with E-state index in [1.807, 2.05) is 21.1 Å². The third-order valence-corrected chi connectivity index (χ3v) is 10.5. The highest BCUT2D eigenvalue weighted by Crippen LogP contribution is 2.15. The van der Waals surface area contributed by atoms with Gasteiger partial charge < -0.3 is 28.5 Å². The van der Waals surface area contributed by atoms with Crippen LogP contribution in [0.15, 0.2) is 48.6 Å². The van der Waals surface area contributed by atoms with Crippen LogP contribution in [-0.2, 0) is 33.3 Å². The van der Waals surface area contributed by atoms with Crippen molar-refractivity contribution in [2.75, 3.05) is 47.5 Å². The number of rotatable bonds is 45. The summed E-state index contributed by atoms with van der Waals surface area (Å²) in [5.74, 6) is -2.03. The summed E-state index contributed by atoms with van der Waals surface area (Å²) in [5, 5.41) is 9.65. The van der Waals surface area contributed by atoms with E-state index in [1.54, 1.807) is 0 Å². The lowest BCUT2D eigenvalue weighted by molar-refractivity contribution is -0.870. The second kappa shape index (κ2) is 43.9. The number of nitrogens with zero attached hydrogens (tertiary/aromatic N) is 1. The number of ether oxygens (including phenoxy) is 4. The predicted octanol–water partition coefficient (Wildman–Crippen LogP) is 13.6. The largest absolute Gasteiger partial charge is 0.477 e. The number of likely N-dealkylation sites (N-methyl/N-ethyl adjacent to an activating group) is 1. The number of hydrogen-bond acceptors (Lipinski definition) is 7. The zero-order valence-electron chi connectivity index (χ0n) is 40.1. The molecule has 0 bridgehead atoms. The van der Waals surface area contributed by atoms with E-state index in [0.717, 1.165) is 70.6 Å². The summed E-state index contributed by atoms with van der Waals surface area (Å²) < 4.78 is 22.8. The smallest absolute Gasteiger partial charge is 0.361 e. The summed E-state index contributed by atoms with van der Waals surface area (Å²) in [4.78, 5) is 37.2. The van der Waals surface area contributed by atoms with Crippen LogP contribution in [0.2, 0.25) is 0 Å². The first-order valence-electron chi connectivity index (χ1n) is 24.8. The van der Waals surface area contributed by atoms with Crippen LogP contribution in [0, 0.1) is 0 Å². The molecule has 0 amide bonds. The molecule has 0 saturated heterocycles. The first-order valence-corrected chi connectivity index (χ1v) is 24.8. The Kier molecular flexibility index (Phi) is 41.9. The standard InChI is InChI=1S/C52H93NO8/c1-6-8-10-12-14-16-18-20-21-22-23-24-25-26-27-28-29-31-33-35-37-39-41-43-50(55)61-48(47-60-52(51(56)57)58-45-44-53(3,4)5)46-59-49(54)42-40-38-36-34-32-30-19-17-15-13-11-9-7-2/h11,13,17-20,22-23,48,52H,6-10,12,14-16,21,24-47H2,1-5H3/p+1/b13-11-,19-17-,20-18-,23-22-. The lowest BCUT2D eigenvalue weighted by atomic mass is 10.0. The Morgan fingerprint density at radius 1 is 0.492 bits per heavy atom. The zero-order valence-corrected chi connectivity index (χ0v) is 40.1. The molecule has 0 aliphatic heterocycles. The summed E-state index contributed by atoms with van der Waals surface area (Å²) in [6, 6.07) is 0. The Balaban J connectivity index is 4.32. The molecule has 2 atom stereocenters. The van der Waals surface area contributed by atoms with Crippen molar-refractivity contribution in [3.05, 3.63) is 48.6 Å². The Hall–Kier alpha value is -2.75. The molecule has 0 radical (unpaired) electrons. The van der Waals surface area contributed by atoms with E-state index in [0.29, 0.717) is 17.4 Å². The molecule has 0 spiro atoms. The number of carbonyl (C=O) groups is 3. The van der Waals surface area contributed by atoms with Crippen LogP contribution in [-0.4, -0.2) is 87.4 Å². The van der Waals surface area contributed by atoms with Gasteiger partial charge in [0.1, 0.15) is 13.2 Å². The highest BCUT2D eigenvalue weighted by molar-refractivity contribution is 5.71. The van der Waals surface area contributed by atoms with E-state index < -0.39 is 24.3 Å². The normalized spacial score (nSPS) is 13.3. The quantitative estimate of drug-likeness (QED) is 0.0212. The Morgan fingerprint density at radius 3 is 1.36 bits per heavy atom. The number of allylic oxidation sites excluding steroid dienone is 8. The number of carboxylic acid groups (broad SMARTS) is 1. The fourth-order valence-corrected chi connectivity index (χ4v) is 6.67. The average Bonchev–Trinajstić information content (AvgIpc) is 3.22. The minimum absolute atomic E-state index is 0.184. The van der Waals surface area contributed by atoms with E-state index >= 15 is 0 Å². The van der Waals surface area contributed by atoms with Crippen LogP contribution < -0.4 is 0 Å². The maximum absolute atomic E-state index is 12.8. The number of carbonyl (C=O) groups excluding carboxylic acids is 2. The van der Waals surface area contributed by atoms with Crippen LogP contribution in [0.1, 0.15) is 206 Å². The summed E-state index contributed by atoms with van der Waals surface area (Å²) in [6.45, 7) is 4.78. The third-order valence-electron chi connectivity index (χ3n) is 10.5. The van der Waals surface area contributed by atoms with Gasteiger partial charge in [0, 0.05) is 12.8 Å². The van der Waals surface area contributed by atoms with Gasteiger partial charge in [0.25, 0.3) is 6.29 Å². The van der Waals surface area contributed by atoms with Gasteiger partial charge in [-0.15, -0.1) is 0 Å². The van der Waals surface area contributed by atoms with Crippen molar-refractivity contribution < 1.29 is 42.9 Å². The lowest BCUT2D eigenvalue weighted by Crippen LogP contribution is -2.40. The molecule has 9 heteroatoms. The third kappa shape index (κ3) is 45.1. The van der Waals surface area contributed by atoms with Gasteiger partial charge in [0.15, 0.2) is 6.10 Å². The fourth-order valence-electron chi connectivity index (χ4n) is 6.67. The van der Waals surface area contributed by atoms with Crippen molar-refractivity contribution in [3.63, 3.8) is 0 Å². The van der Waals surface area contributed by atoms with Crippen molar-refractivity contribution in [2.45, 2.75) is 219 Å². The number of carboxylic acids is 1. The van der Waals surface area contributed by atoms with Crippen molar-refractivity contribution in [2.24, 2.45) is 0 Å². The Morgan fingerprint density at radius 2 is 0.918 bits per heavy atom. The van der Waals surface area contributed by atoms with E-state index in [1.165, 1.54) is 103 Å². The van der Waals surface area contributed by atoms with Gasteiger partial charge in [-0.3, -0.25) is 9.59 Å². The van der Waals surface area contributed by atoms with E-state index in [4.69, 9.17) is 18.9 Å². The van der Waals surface area contributed by atoms with Gasteiger partial charge in [-0.1, -0.05) is 172 Å². The lowest BCUT2D eigenvalue weighted by Gasteiger charge is -2.25. The van der Waals surface area contributed by atoms with Gasteiger partial charge in [-0.05, 0) is 70.6 Å². The van der Waals surface area contributed by atoms with Crippen molar-refractivity contribution in [1.82, 2.24) is 0 Å². The molecule has 0 saturated carbocycles. The predicted molar refractivity (Wildman–Crippen MR) is 253 cm³/mol. The molecule has 1 N–H and O–H groups in total. The van der Waals surface area contributed by atoms with E-state index in [9.17, 15) is 19.5 Å². The number of unbranched alkanes of at least 4 members (excludes halogenated alkanes) is 22. The molecule has 0 aliphatic rings. The van der Waals surface area contributed by atoms with Crippen LogP contribution in [0.4, 0.5) is 0 Å². The molecule has 0 aromatic carbocycles. The molecule has 0 heterocycles. The highest BCUT2D eigenvalue weighted by atomic mass is 16.7. The van der Waals surface area contributed by atoms with Gasteiger partial charge in [0.05, 0.1) is 34.4 Å². The van der Waals surface area contributed by atoms with Crippen molar-refractivity contribution in [3.8, 4) is 0 Å². The first kappa shape index (κ1) is 58.2. The second-order valence-corrected chi connectivity index (χ2v) is 17.8. The summed E-state index contributed by atoms with van der Waals surface area (Å²) in [6.07, 6.45) is 48.9. The van der Waals surface area contributed by atoms with E-state index in [-0.39, 0.29) is 38.6 Å². The van der Waals surface area contributed by atoms with Crippen molar-refractivity contribution in [1.29, 1.82) is 0 Å². The molecule has 0 aliphatic carbocycles. The van der Waals surface area contributed by atoms with E-state index in [2.05, 4.69) is 62.5 Å². The summed E-state index contributed by atoms with van der Waals surface area (Å²) >= 11 is 0. The molecular formula is C52H94NO8+. The minimum atomic E-state index is -1.51. The van der Waals surface area contributed by atoms with Crippen LogP contribution in [0.3, 0.4) is 0 Å². The van der Waals surface area contributed by atoms with Gasteiger partial charge in [0.2, 0.25) is 0 Å². The van der Waals surface area contributed by atoms with Crippen LogP contribution in [0.25, 0.3) is 0 Å². The summed E-state index contributed by atoms with van der Waals surface area (Å²) in [7, 11) is 5.95. The number of aliphatic carboxylic acids is 1. The molecular weight excluding hydrogens is 767 g/mol. The highest BCUT2D eigenvalue weighted by Gasteiger charge is 2.25. The Bertz CT molecular complexity index is 1140. The maximum atomic E-state index is 12.8. The molecule has 61 heavy (non-hydrogen) atoms. The molecule has 0 rings (SSSR count). The maximum Gasteiger partial charge on any atom is 0.361 e. The zero-order chi connectivity index (χ0) is 44.9. The molecule has 0 fully saturated rings. The fraction of sp³-hybridized carbons (Fsp3) is 0.788. The van der Waals surface area contributed by atoms with Gasteiger partial charge in [-0.2, -0.15) is 0 Å². The Labute approximate surface area is 374 Å². The molecule has 9 nitrogen and oxygen atoms in total. The average molecular weight is 861 g/mol. The summed E-state index contributed by atoms with van der Waals surface area (Å²) in [5.41, 5.74) is 0. The number of esters is 2. The SMILES string of the molecule is CCC/C=C\C/C=C\CCCCCCCC(=O)OCC(COC(OCC[N+](C)(C)C)C(=O)O)OC(=O)CCCCCCCCCCCCC/C=C\C/C=C\CCCCCCC. The monoisotopic (exact) mass is 861 g/mol. The van der Waals surface area contributed by atoms with Gasteiger partial charge >= 0.3 is 17.9 Å². The second-order valence-electron chi connectivity index (χ2n) is 17.8.